The van der Waals surface area contributed by atoms with Gasteiger partial charge >= 0.3 is 5.97 Å². The van der Waals surface area contributed by atoms with Gasteiger partial charge in [-0.3, -0.25) is 9.59 Å². The molecule has 0 aromatic rings. The standard InChI is InChI=1S/C11H20N2O3/c1-7(13)9(14)11(10(15)16)4-2-8(6-12)3-5-11/h7-8H,2-6,12-13H2,1H3,(H,15,16)/t7-,8?,11?/m0/s1. The van der Waals surface area contributed by atoms with Gasteiger partial charge < -0.3 is 16.6 Å². The lowest BCUT2D eigenvalue weighted by molar-refractivity contribution is -0.158. The van der Waals surface area contributed by atoms with Crippen LogP contribution in [0.15, 0.2) is 0 Å². The second kappa shape index (κ2) is 4.93. The van der Waals surface area contributed by atoms with E-state index in [0.717, 1.165) is 0 Å². The quantitative estimate of drug-likeness (QED) is 0.593. The number of nitrogens with two attached hydrogens (primary N) is 2. The molecular formula is C11H20N2O3. The molecule has 0 bridgehead atoms. The molecule has 0 aromatic carbocycles. The number of rotatable bonds is 4. The second-order valence-corrected chi connectivity index (χ2v) is 4.72. The molecule has 92 valence electrons. The van der Waals surface area contributed by atoms with Crippen LogP contribution in [-0.4, -0.2) is 29.4 Å². The predicted molar refractivity (Wildman–Crippen MR) is 59.7 cm³/mol. The lowest BCUT2D eigenvalue weighted by Gasteiger charge is -2.36. The van der Waals surface area contributed by atoms with Gasteiger partial charge in [-0.1, -0.05) is 0 Å². The summed E-state index contributed by atoms with van der Waals surface area (Å²) >= 11 is 0. The molecule has 5 nitrogen and oxygen atoms in total. The monoisotopic (exact) mass is 228 g/mol. The Morgan fingerprint density at radius 1 is 1.44 bits per heavy atom. The van der Waals surface area contributed by atoms with Gasteiger partial charge in [0.2, 0.25) is 0 Å². The minimum atomic E-state index is -1.26. The molecule has 1 atom stereocenters. The number of carboxylic acids is 1. The number of carboxylic acid groups (broad SMARTS) is 1. The summed E-state index contributed by atoms with van der Waals surface area (Å²) in [6, 6.07) is -0.717. The van der Waals surface area contributed by atoms with Gasteiger partial charge in [0.15, 0.2) is 5.78 Å². The first kappa shape index (κ1) is 13.1. The molecule has 1 rings (SSSR count). The van der Waals surface area contributed by atoms with E-state index in [1.807, 2.05) is 0 Å². The van der Waals surface area contributed by atoms with E-state index in [1.54, 1.807) is 6.92 Å². The molecule has 5 N–H and O–H groups in total. The number of carbonyl (C=O) groups is 2. The summed E-state index contributed by atoms with van der Waals surface area (Å²) in [6.07, 6.45) is 2.12. The maximum Gasteiger partial charge on any atom is 0.317 e. The van der Waals surface area contributed by atoms with Crippen LogP contribution in [0.4, 0.5) is 0 Å². The molecule has 0 amide bonds. The number of aliphatic carboxylic acids is 1. The Labute approximate surface area is 95.2 Å². The fourth-order valence-electron chi connectivity index (χ4n) is 2.41. The largest absolute Gasteiger partial charge is 0.480 e. The molecular weight excluding hydrogens is 208 g/mol. The fraction of sp³-hybridized carbons (Fsp3) is 0.818. The summed E-state index contributed by atoms with van der Waals surface area (Å²) in [6.45, 7) is 2.10. The first-order valence-corrected chi connectivity index (χ1v) is 5.67. The van der Waals surface area contributed by atoms with Crippen molar-refractivity contribution in [2.45, 2.75) is 38.6 Å². The van der Waals surface area contributed by atoms with Crippen LogP contribution in [0.25, 0.3) is 0 Å². The highest BCUT2D eigenvalue weighted by molar-refractivity contribution is 6.05. The summed E-state index contributed by atoms with van der Waals surface area (Å²) in [5, 5.41) is 9.26. The molecule has 0 spiro atoms. The maximum atomic E-state index is 11.9. The lowest BCUT2D eigenvalue weighted by atomic mass is 9.67. The lowest BCUT2D eigenvalue weighted by Crippen LogP contribution is -2.49. The Bertz CT molecular complexity index is 281. The van der Waals surface area contributed by atoms with Crippen molar-refractivity contribution in [2.24, 2.45) is 22.8 Å². The van der Waals surface area contributed by atoms with E-state index in [9.17, 15) is 14.7 Å². The summed E-state index contributed by atoms with van der Waals surface area (Å²) in [5.74, 6) is -1.05. The van der Waals surface area contributed by atoms with Gasteiger partial charge in [0.25, 0.3) is 0 Å². The van der Waals surface area contributed by atoms with Crippen LogP contribution in [0.1, 0.15) is 32.6 Å². The zero-order chi connectivity index (χ0) is 12.3. The molecule has 0 heterocycles. The Morgan fingerprint density at radius 3 is 2.25 bits per heavy atom. The van der Waals surface area contributed by atoms with Crippen molar-refractivity contribution in [1.82, 2.24) is 0 Å². The maximum absolute atomic E-state index is 11.9. The first-order chi connectivity index (χ1) is 7.44. The minimum Gasteiger partial charge on any atom is -0.480 e. The highest BCUT2D eigenvalue weighted by Crippen LogP contribution is 2.40. The third-order valence-electron chi connectivity index (χ3n) is 3.59. The molecule has 0 aromatic heterocycles. The first-order valence-electron chi connectivity index (χ1n) is 5.67. The van der Waals surface area contributed by atoms with Crippen LogP contribution in [0.3, 0.4) is 0 Å². The van der Waals surface area contributed by atoms with Crippen molar-refractivity contribution in [1.29, 1.82) is 0 Å². The van der Waals surface area contributed by atoms with Gasteiger partial charge in [-0.15, -0.1) is 0 Å². The molecule has 0 aliphatic heterocycles. The fourth-order valence-corrected chi connectivity index (χ4v) is 2.41. The van der Waals surface area contributed by atoms with Gasteiger partial charge in [-0.25, -0.2) is 0 Å². The van der Waals surface area contributed by atoms with Gasteiger partial charge in [0.1, 0.15) is 5.41 Å². The topological polar surface area (TPSA) is 106 Å². The van der Waals surface area contributed by atoms with E-state index in [4.69, 9.17) is 11.5 Å². The van der Waals surface area contributed by atoms with Crippen LogP contribution in [-0.2, 0) is 9.59 Å². The van der Waals surface area contributed by atoms with Gasteiger partial charge in [0.05, 0.1) is 6.04 Å². The number of ketones is 1. The third kappa shape index (κ3) is 2.25. The molecule has 0 radical (unpaired) electrons. The van der Waals surface area contributed by atoms with E-state index in [1.165, 1.54) is 0 Å². The molecule has 1 fully saturated rings. The zero-order valence-electron chi connectivity index (χ0n) is 9.61. The van der Waals surface area contributed by atoms with Crippen molar-refractivity contribution in [3.8, 4) is 0 Å². The van der Waals surface area contributed by atoms with Crippen LogP contribution in [0.5, 0.6) is 0 Å². The van der Waals surface area contributed by atoms with E-state index >= 15 is 0 Å². The summed E-state index contributed by atoms with van der Waals surface area (Å²) < 4.78 is 0. The Kier molecular flexibility index (Phi) is 4.04. The molecule has 16 heavy (non-hydrogen) atoms. The minimum absolute atomic E-state index is 0.341. The van der Waals surface area contributed by atoms with E-state index in [-0.39, 0.29) is 5.78 Å². The summed E-state index contributed by atoms with van der Waals surface area (Å²) in [5.41, 5.74) is 9.80. The Hall–Kier alpha value is -0.940. The van der Waals surface area contributed by atoms with Crippen molar-refractivity contribution >= 4 is 11.8 Å². The Balaban J connectivity index is 2.85. The van der Waals surface area contributed by atoms with Crippen LogP contribution in [0, 0.1) is 11.3 Å². The van der Waals surface area contributed by atoms with Gasteiger partial charge in [-0.05, 0) is 45.1 Å². The van der Waals surface area contributed by atoms with Crippen molar-refractivity contribution < 1.29 is 14.7 Å². The van der Waals surface area contributed by atoms with E-state index < -0.39 is 17.4 Å². The molecule has 1 aliphatic rings. The normalized spacial score (nSPS) is 32.1. The predicted octanol–water partition coefficient (Wildman–Crippen LogP) is 0.123. The summed E-state index contributed by atoms with van der Waals surface area (Å²) in [4.78, 5) is 23.2. The van der Waals surface area contributed by atoms with Crippen molar-refractivity contribution in [3.05, 3.63) is 0 Å². The number of hydrogen-bond acceptors (Lipinski definition) is 4. The molecule has 1 aliphatic carbocycles. The number of hydrogen-bond donors (Lipinski definition) is 3. The van der Waals surface area contributed by atoms with Gasteiger partial charge in [-0.2, -0.15) is 0 Å². The van der Waals surface area contributed by atoms with Crippen molar-refractivity contribution in [2.75, 3.05) is 6.54 Å². The van der Waals surface area contributed by atoms with E-state index in [0.29, 0.717) is 38.1 Å². The van der Waals surface area contributed by atoms with E-state index in [2.05, 4.69) is 0 Å². The van der Waals surface area contributed by atoms with Crippen molar-refractivity contribution in [3.63, 3.8) is 0 Å². The molecule has 1 saturated carbocycles. The van der Waals surface area contributed by atoms with Crippen LogP contribution in [0.2, 0.25) is 0 Å². The SMILES string of the molecule is C[C@H](N)C(=O)C1(C(=O)O)CCC(CN)CC1. The number of carbonyl (C=O) groups excluding carboxylic acids is 1. The summed E-state index contributed by atoms with van der Waals surface area (Å²) in [7, 11) is 0. The third-order valence-corrected chi connectivity index (χ3v) is 3.59. The average Bonchev–Trinajstić information content (AvgIpc) is 2.27. The smallest absolute Gasteiger partial charge is 0.317 e. The number of Topliss-reactive ketones (excluding diaryl/α,β-unsaturated/α-hetero) is 1. The molecule has 0 saturated heterocycles. The van der Waals surface area contributed by atoms with Crippen LogP contribution < -0.4 is 11.5 Å². The van der Waals surface area contributed by atoms with Crippen LogP contribution >= 0.6 is 0 Å². The van der Waals surface area contributed by atoms with Gasteiger partial charge in [0, 0.05) is 0 Å². The highest BCUT2D eigenvalue weighted by atomic mass is 16.4. The highest BCUT2D eigenvalue weighted by Gasteiger charge is 2.48. The molecule has 0 unspecified atom stereocenters. The zero-order valence-corrected chi connectivity index (χ0v) is 9.61. The molecule has 5 heteroatoms. The average molecular weight is 228 g/mol. The second-order valence-electron chi connectivity index (χ2n) is 4.72. The Morgan fingerprint density at radius 2 is 1.94 bits per heavy atom.